The summed E-state index contributed by atoms with van der Waals surface area (Å²) in [5, 5.41) is 8.85. The van der Waals surface area contributed by atoms with Crippen LogP contribution in [0.4, 0.5) is 5.82 Å². The molecule has 25 heavy (non-hydrogen) atoms. The molecule has 128 valence electrons. The third-order valence-corrected chi connectivity index (χ3v) is 4.16. The van der Waals surface area contributed by atoms with Gasteiger partial charge < -0.3 is 14.5 Å². The number of anilines is 1. The van der Waals surface area contributed by atoms with Gasteiger partial charge in [0.2, 0.25) is 0 Å². The molecule has 0 radical (unpaired) electrons. The number of pyridine rings is 1. The van der Waals surface area contributed by atoms with Gasteiger partial charge in [0.25, 0.3) is 5.91 Å². The molecule has 6 heteroatoms. The molecular weight excluding hydrogens is 316 g/mol. The Labute approximate surface area is 147 Å². The van der Waals surface area contributed by atoms with Crippen molar-refractivity contribution in [3.05, 3.63) is 54.2 Å². The molecule has 2 heterocycles. The fraction of sp³-hybridized carbons (Fsp3) is 0.316. The first kappa shape index (κ1) is 16.8. The van der Waals surface area contributed by atoms with Crippen molar-refractivity contribution in [3.8, 4) is 11.8 Å². The number of carbonyl (C=O) groups excluding carboxylic acids is 1. The summed E-state index contributed by atoms with van der Waals surface area (Å²) in [6.07, 6.45) is 2.45. The van der Waals surface area contributed by atoms with Gasteiger partial charge in [-0.15, -0.1) is 0 Å². The lowest BCUT2D eigenvalue weighted by molar-refractivity contribution is -0.133. The summed E-state index contributed by atoms with van der Waals surface area (Å²) in [5.74, 6) is 1.54. The lowest BCUT2D eigenvalue weighted by Gasteiger charge is -2.23. The Bertz CT molecular complexity index is 740. The van der Waals surface area contributed by atoms with E-state index in [0.717, 1.165) is 25.3 Å². The molecule has 1 aromatic carbocycles. The summed E-state index contributed by atoms with van der Waals surface area (Å²) < 4.78 is 5.55. The molecule has 6 nitrogen and oxygen atoms in total. The molecule has 0 unspecified atom stereocenters. The number of benzene rings is 1. The third kappa shape index (κ3) is 4.48. The molecule has 0 spiro atoms. The number of carbonyl (C=O) groups is 1. The zero-order valence-electron chi connectivity index (χ0n) is 14.0. The maximum atomic E-state index is 12.4. The SMILES string of the molecule is N#Cc1ccc(N2CCCN(C(=O)COc3ccccc3)CC2)nc1. The molecule has 1 aliphatic heterocycles. The van der Waals surface area contributed by atoms with Crippen LogP contribution in [0.3, 0.4) is 0 Å². The van der Waals surface area contributed by atoms with E-state index < -0.39 is 0 Å². The predicted molar refractivity (Wildman–Crippen MR) is 94.3 cm³/mol. The first-order chi connectivity index (χ1) is 12.3. The topological polar surface area (TPSA) is 69.5 Å². The van der Waals surface area contributed by atoms with Gasteiger partial charge in [0.1, 0.15) is 17.6 Å². The molecule has 1 saturated heterocycles. The molecular formula is C19H20N4O2. The minimum Gasteiger partial charge on any atom is -0.484 e. The molecule has 0 saturated carbocycles. The average molecular weight is 336 g/mol. The van der Waals surface area contributed by atoms with Gasteiger partial charge in [-0.1, -0.05) is 18.2 Å². The summed E-state index contributed by atoms with van der Waals surface area (Å²) in [6.45, 7) is 2.96. The summed E-state index contributed by atoms with van der Waals surface area (Å²) >= 11 is 0. The minimum absolute atomic E-state index is 0.00140. The van der Waals surface area contributed by atoms with E-state index in [2.05, 4.69) is 16.0 Å². The highest BCUT2D eigenvalue weighted by Gasteiger charge is 2.20. The summed E-state index contributed by atoms with van der Waals surface area (Å²) in [6, 6.07) is 15.1. The van der Waals surface area contributed by atoms with E-state index in [1.165, 1.54) is 0 Å². The van der Waals surface area contributed by atoms with E-state index in [1.54, 1.807) is 12.3 Å². The van der Waals surface area contributed by atoms with Crippen LogP contribution in [0.15, 0.2) is 48.7 Å². The zero-order valence-corrected chi connectivity index (χ0v) is 14.0. The lowest BCUT2D eigenvalue weighted by Crippen LogP contribution is -2.38. The van der Waals surface area contributed by atoms with Crippen LogP contribution < -0.4 is 9.64 Å². The maximum absolute atomic E-state index is 12.4. The highest BCUT2D eigenvalue weighted by Crippen LogP contribution is 2.15. The Morgan fingerprint density at radius 3 is 2.68 bits per heavy atom. The van der Waals surface area contributed by atoms with E-state index in [4.69, 9.17) is 10.00 Å². The second kappa shape index (κ2) is 8.15. The van der Waals surface area contributed by atoms with Gasteiger partial charge in [-0.3, -0.25) is 4.79 Å². The molecule has 0 bridgehead atoms. The van der Waals surface area contributed by atoms with Crippen molar-refractivity contribution in [2.45, 2.75) is 6.42 Å². The van der Waals surface area contributed by atoms with Crippen molar-refractivity contribution in [2.75, 3.05) is 37.7 Å². The van der Waals surface area contributed by atoms with Crippen molar-refractivity contribution < 1.29 is 9.53 Å². The molecule has 1 aliphatic rings. The smallest absolute Gasteiger partial charge is 0.260 e. The molecule has 1 aromatic heterocycles. The monoisotopic (exact) mass is 336 g/mol. The van der Waals surface area contributed by atoms with Gasteiger partial charge in [0, 0.05) is 32.4 Å². The van der Waals surface area contributed by atoms with E-state index >= 15 is 0 Å². The summed E-state index contributed by atoms with van der Waals surface area (Å²) in [4.78, 5) is 20.7. The second-order valence-electron chi connectivity index (χ2n) is 5.84. The number of nitrogens with zero attached hydrogens (tertiary/aromatic N) is 4. The Morgan fingerprint density at radius 2 is 1.96 bits per heavy atom. The minimum atomic E-state index is -0.00140. The van der Waals surface area contributed by atoms with E-state index in [0.29, 0.717) is 24.4 Å². The maximum Gasteiger partial charge on any atom is 0.260 e. The normalized spacial score (nSPS) is 14.5. The summed E-state index contributed by atoms with van der Waals surface area (Å²) in [7, 11) is 0. The van der Waals surface area contributed by atoms with Gasteiger partial charge in [0.05, 0.1) is 5.56 Å². The van der Waals surface area contributed by atoms with Crippen LogP contribution in [0, 0.1) is 11.3 Å². The number of rotatable bonds is 4. The van der Waals surface area contributed by atoms with Crippen LogP contribution in [0.25, 0.3) is 0 Å². The highest BCUT2D eigenvalue weighted by atomic mass is 16.5. The fourth-order valence-electron chi connectivity index (χ4n) is 2.79. The number of para-hydroxylation sites is 1. The molecule has 0 aliphatic carbocycles. The van der Waals surface area contributed by atoms with Crippen molar-refractivity contribution in [3.63, 3.8) is 0 Å². The molecule has 0 N–H and O–H groups in total. The van der Waals surface area contributed by atoms with Gasteiger partial charge >= 0.3 is 0 Å². The standard InChI is InChI=1S/C19H20N4O2/c20-13-16-7-8-18(21-14-16)22-9-4-10-23(12-11-22)19(24)15-25-17-5-2-1-3-6-17/h1-3,5-8,14H,4,9-12,15H2. The van der Waals surface area contributed by atoms with Crippen molar-refractivity contribution in [2.24, 2.45) is 0 Å². The molecule has 1 amide bonds. The number of hydrogen-bond donors (Lipinski definition) is 0. The first-order valence-electron chi connectivity index (χ1n) is 8.33. The van der Waals surface area contributed by atoms with Crippen LogP contribution in [0.5, 0.6) is 5.75 Å². The zero-order chi connectivity index (χ0) is 17.5. The number of amides is 1. The highest BCUT2D eigenvalue weighted by molar-refractivity contribution is 5.77. The van der Waals surface area contributed by atoms with Crippen LogP contribution in [0.2, 0.25) is 0 Å². The van der Waals surface area contributed by atoms with Crippen LogP contribution in [-0.4, -0.2) is 48.6 Å². The third-order valence-electron chi connectivity index (χ3n) is 4.16. The molecule has 0 atom stereocenters. The van der Waals surface area contributed by atoms with E-state index in [-0.39, 0.29) is 12.5 Å². The molecule has 1 fully saturated rings. The largest absolute Gasteiger partial charge is 0.484 e. The summed E-state index contributed by atoms with van der Waals surface area (Å²) in [5.41, 5.74) is 0.549. The number of ether oxygens (including phenoxy) is 1. The van der Waals surface area contributed by atoms with Crippen LogP contribution >= 0.6 is 0 Å². The van der Waals surface area contributed by atoms with Crippen molar-refractivity contribution in [1.29, 1.82) is 5.26 Å². The van der Waals surface area contributed by atoms with Crippen LogP contribution in [0.1, 0.15) is 12.0 Å². The quantitative estimate of drug-likeness (QED) is 0.855. The van der Waals surface area contributed by atoms with Crippen LogP contribution in [-0.2, 0) is 4.79 Å². The fourth-order valence-corrected chi connectivity index (χ4v) is 2.79. The number of nitriles is 1. The Kier molecular flexibility index (Phi) is 5.47. The predicted octanol–water partition coefficient (Wildman–Crippen LogP) is 2.07. The Balaban J connectivity index is 1.53. The molecule has 3 rings (SSSR count). The Hall–Kier alpha value is -3.07. The number of hydrogen-bond acceptors (Lipinski definition) is 5. The lowest BCUT2D eigenvalue weighted by atomic mass is 10.3. The van der Waals surface area contributed by atoms with Gasteiger partial charge in [-0.2, -0.15) is 5.26 Å². The molecule has 2 aromatic rings. The second-order valence-corrected chi connectivity index (χ2v) is 5.84. The van der Waals surface area contributed by atoms with Gasteiger partial charge in [-0.05, 0) is 30.7 Å². The van der Waals surface area contributed by atoms with Gasteiger partial charge in [-0.25, -0.2) is 4.98 Å². The van der Waals surface area contributed by atoms with Crippen molar-refractivity contribution >= 4 is 11.7 Å². The average Bonchev–Trinajstić information content (AvgIpc) is 2.93. The first-order valence-corrected chi connectivity index (χ1v) is 8.33. The van der Waals surface area contributed by atoms with E-state index in [9.17, 15) is 4.79 Å². The Morgan fingerprint density at radius 1 is 1.12 bits per heavy atom. The van der Waals surface area contributed by atoms with E-state index in [1.807, 2.05) is 41.3 Å². The van der Waals surface area contributed by atoms with Crippen molar-refractivity contribution in [1.82, 2.24) is 9.88 Å². The van der Waals surface area contributed by atoms with Gasteiger partial charge in [0.15, 0.2) is 6.61 Å². The number of aromatic nitrogens is 1.